The number of thiazole rings is 1. The molecule has 26 heavy (non-hydrogen) atoms. The van der Waals surface area contributed by atoms with Gasteiger partial charge < -0.3 is 4.42 Å². The molecule has 0 saturated heterocycles. The predicted octanol–water partition coefficient (Wildman–Crippen LogP) is 2.58. The highest BCUT2D eigenvalue weighted by atomic mass is 35.5. The first-order valence-electron chi connectivity index (χ1n) is 7.83. The van der Waals surface area contributed by atoms with Crippen LogP contribution in [0, 0.1) is 10.1 Å². The number of rotatable bonds is 3. The fourth-order valence-electron chi connectivity index (χ4n) is 2.75. The van der Waals surface area contributed by atoms with Crippen LogP contribution < -0.4 is 14.9 Å². The zero-order valence-electron chi connectivity index (χ0n) is 13.3. The van der Waals surface area contributed by atoms with Crippen LogP contribution >= 0.6 is 22.9 Å². The Morgan fingerprint density at radius 2 is 2.19 bits per heavy atom. The minimum Gasteiger partial charge on any atom is -0.457 e. The van der Waals surface area contributed by atoms with Crippen LogP contribution in [0.15, 0.2) is 44.5 Å². The minimum atomic E-state index is -0.506. The highest BCUT2D eigenvalue weighted by Crippen LogP contribution is 2.32. The van der Waals surface area contributed by atoms with Crippen molar-refractivity contribution in [2.45, 2.75) is 13.0 Å². The van der Waals surface area contributed by atoms with Crippen LogP contribution in [0.5, 0.6) is 0 Å². The van der Waals surface area contributed by atoms with Gasteiger partial charge in [0.1, 0.15) is 11.5 Å². The van der Waals surface area contributed by atoms with Gasteiger partial charge in [-0.25, -0.2) is 0 Å². The second-order valence-corrected chi connectivity index (χ2v) is 7.12. The second-order valence-electron chi connectivity index (χ2n) is 5.71. The van der Waals surface area contributed by atoms with Crippen molar-refractivity contribution in [3.8, 4) is 11.3 Å². The maximum absolute atomic E-state index is 12.4. The number of nitro benzene ring substituents is 1. The van der Waals surface area contributed by atoms with Crippen LogP contribution in [-0.4, -0.2) is 16.0 Å². The molecule has 0 spiro atoms. The fraction of sp³-hybridized carbons (Fsp3) is 0.176. The molecule has 0 unspecified atom stereocenters. The Balaban J connectivity index is 1.73. The number of hydrogen-bond acceptors (Lipinski definition) is 6. The van der Waals surface area contributed by atoms with E-state index in [2.05, 4.69) is 4.99 Å². The highest BCUT2D eigenvalue weighted by molar-refractivity contribution is 7.07. The lowest BCUT2D eigenvalue weighted by Crippen LogP contribution is -2.33. The number of non-ortho nitro benzene ring substituents is 1. The number of nitro groups is 1. The van der Waals surface area contributed by atoms with E-state index in [4.69, 9.17) is 16.0 Å². The van der Waals surface area contributed by atoms with Crippen molar-refractivity contribution in [1.82, 2.24) is 4.57 Å². The summed E-state index contributed by atoms with van der Waals surface area (Å²) in [5.41, 5.74) is 0.395. The number of hydrogen-bond donors (Lipinski definition) is 0. The van der Waals surface area contributed by atoms with E-state index < -0.39 is 4.92 Å². The topological polar surface area (TPSA) is 90.6 Å². The van der Waals surface area contributed by atoms with E-state index in [1.54, 1.807) is 28.8 Å². The summed E-state index contributed by atoms with van der Waals surface area (Å²) in [5.74, 6) is 0.980. The van der Waals surface area contributed by atoms with Gasteiger partial charge in [0.25, 0.3) is 11.2 Å². The molecule has 132 valence electrons. The minimum absolute atomic E-state index is 0.0697. The zero-order valence-corrected chi connectivity index (χ0v) is 14.9. The smallest absolute Gasteiger partial charge is 0.270 e. The van der Waals surface area contributed by atoms with Gasteiger partial charge in [-0.1, -0.05) is 22.9 Å². The van der Waals surface area contributed by atoms with Gasteiger partial charge >= 0.3 is 0 Å². The van der Waals surface area contributed by atoms with E-state index in [-0.39, 0.29) is 16.3 Å². The van der Waals surface area contributed by atoms with Gasteiger partial charge in [-0.15, -0.1) is 0 Å². The number of aromatic nitrogens is 1. The van der Waals surface area contributed by atoms with E-state index in [1.165, 1.54) is 23.5 Å². The number of fused-ring (bicyclic) bond motifs is 1. The Labute approximate surface area is 155 Å². The lowest BCUT2D eigenvalue weighted by molar-refractivity contribution is -0.384. The Hall–Kier alpha value is -2.71. The SMILES string of the molecule is O=c1c(=Cc2ccc(-c3ccc([N+](=O)[O-])cc3Cl)o2)sc2n1CCCN=2. The van der Waals surface area contributed by atoms with Crippen LogP contribution in [0.2, 0.25) is 5.02 Å². The van der Waals surface area contributed by atoms with Gasteiger partial charge in [-0.3, -0.25) is 24.5 Å². The van der Waals surface area contributed by atoms with E-state index in [0.717, 1.165) is 17.8 Å². The summed E-state index contributed by atoms with van der Waals surface area (Å²) in [6, 6.07) is 7.64. The molecule has 1 aliphatic rings. The van der Waals surface area contributed by atoms with Gasteiger partial charge in [-0.05, 0) is 24.6 Å². The van der Waals surface area contributed by atoms with E-state index >= 15 is 0 Å². The molecule has 0 aliphatic carbocycles. The molecule has 0 radical (unpaired) electrons. The first-order valence-corrected chi connectivity index (χ1v) is 9.02. The van der Waals surface area contributed by atoms with Crippen molar-refractivity contribution in [2.24, 2.45) is 4.99 Å². The van der Waals surface area contributed by atoms with Crippen molar-refractivity contribution in [2.75, 3.05) is 6.54 Å². The molecule has 1 aliphatic heterocycles. The summed E-state index contributed by atoms with van der Waals surface area (Å²) in [5, 5.41) is 11.0. The van der Waals surface area contributed by atoms with Gasteiger partial charge in [-0.2, -0.15) is 0 Å². The molecule has 0 atom stereocenters. The Morgan fingerprint density at radius 3 is 2.92 bits per heavy atom. The highest BCUT2D eigenvalue weighted by Gasteiger charge is 2.14. The average molecular weight is 390 g/mol. The van der Waals surface area contributed by atoms with Crippen molar-refractivity contribution in [3.63, 3.8) is 0 Å². The van der Waals surface area contributed by atoms with E-state index in [9.17, 15) is 14.9 Å². The summed E-state index contributed by atoms with van der Waals surface area (Å²) in [4.78, 5) is 27.8. The van der Waals surface area contributed by atoms with Crippen LogP contribution in [0.3, 0.4) is 0 Å². The normalized spacial score (nSPS) is 14.1. The number of nitrogens with zero attached hydrogens (tertiary/aromatic N) is 3. The molecule has 3 heterocycles. The second kappa shape index (κ2) is 6.54. The van der Waals surface area contributed by atoms with Crippen LogP contribution in [0.1, 0.15) is 12.2 Å². The molecule has 3 aromatic rings. The lowest BCUT2D eigenvalue weighted by Gasteiger charge is -2.03. The molecule has 0 fully saturated rings. The van der Waals surface area contributed by atoms with E-state index in [1.807, 2.05) is 0 Å². The molecule has 7 nitrogen and oxygen atoms in total. The number of halogens is 1. The molecule has 2 aromatic heterocycles. The monoisotopic (exact) mass is 389 g/mol. The number of furan rings is 1. The molecule has 0 saturated carbocycles. The predicted molar refractivity (Wildman–Crippen MR) is 98.2 cm³/mol. The third kappa shape index (κ3) is 2.97. The van der Waals surface area contributed by atoms with Gasteiger partial charge in [0.2, 0.25) is 0 Å². The fourth-order valence-corrected chi connectivity index (χ4v) is 4.03. The zero-order chi connectivity index (χ0) is 18.3. The molecule has 1 aromatic carbocycles. The van der Waals surface area contributed by atoms with Gasteiger partial charge in [0, 0.05) is 36.9 Å². The summed E-state index contributed by atoms with van der Waals surface area (Å²) in [7, 11) is 0. The van der Waals surface area contributed by atoms with Crippen molar-refractivity contribution in [3.05, 3.63) is 70.9 Å². The summed E-state index contributed by atoms with van der Waals surface area (Å²) in [6.07, 6.45) is 2.54. The molecule has 0 amide bonds. The molecular weight excluding hydrogens is 378 g/mol. The Kier molecular flexibility index (Phi) is 4.21. The molecule has 0 N–H and O–H groups in total. The first-order chi connectivity index (χ1) is 12.5. The van der Waals surface area contributed by atoms with Crippen LogP contribution in [0.25, 0.3) is 17.4 Å². The summed E-state index contributed by atoms with van der Waals surface area (Å²) < 4.78 is 7.99. The van der Waals surface area contributed by atoms with Crippen LogP contribution in [0.4, 0.5) is 5.69 Å². The quantitative estimate of drug-likeness (QED) is 0.508. The maximum atomic E-state index is 12.4. The first kappa shape index (κ1) is 16.7. The molecular formula is C17H12ClN3O4S. The largest absolute Gasteiger partial charge is 0.457 e. The van der Waals surface area contributed by atoms with Crippen molar-refractivity contribution >= 4 is 34.7 Å². The third-order valence-corrected chi connectivity index (χ3v) is 5.36. The summed E-state index contributed by atoms with van der Waals surface area (Å²) >= 11 is 7.47. The standard InChI is InChI=1S/C17H12ClN3O4S/c18-13-8-10(21(23)24)2-4-12(13)14-5-3-11(25-14)9-15-16(22)20-7-1-6-19-17(20)26-15/h2-5,8-9H,1,6-7H2. The molecule has 9 heteroatoms. The van der Waals surface area contributed by atoms with Crippen LogP contribution in [-0.2, 0) is 6.54 Å². The third-order valence-electron chi connectivity index (χ3n) is 4.00. The maximum Gasteiger partial charge on any atom is 0.270 e. The number of benzene rings is 1. The Bertz CT molecular complexity index is 1190. The Morgan fingerprint density at radius 1 is 1.35 bits per heavy atom. The van der Waals surface area contributed by atoms with Crippen molar-refractivity contribution in [1.29, 1.82) is 0 Å². The van der Waals surface area contributed by atoms with E-state index in [0.29, 0.717) is 28.2 Å². The summed E-state index contributed by atoms with van der Waals surface area (Å²) in [6.45, 7) is 1.42. The lowest BCUT2D eigenvalue weighted by atomic mass is 10.1. The molecule has 4 rings (SSSR count). The average Bonchev–Trinajstić information content (AvgIpc) is 3.21. The van der Waals surface area contributed by atoms with Gasteiger partial charge in [0.15, 0.2) is 4.80 Å². The van der Waals surface area contributed by atoms with Crippen molar-refractivity contribution < 1.29 is 9.34 Å². The molecule has 0 bridgehead atoms. The van der Waals surface area contributed by atoms with Gasteiger partial charge in [0.05, 0.1) is 14.5 Å².